The summed E-state index contributed by atoms with van der Waals surface area (Å²) in [7, 11) is 1.59. The van der Waals surface area contributed by atoms with Crippen LogP contribution >= 0.6 is 11.6 Å². The molecule has 106 valence electrons. The highest BCUT2D eigenvalue weighted by Gasteiger charge is 2.14. The number of hydrogen-bond donors (Lipinski definition) is 2. The van der Waals surface area contributed by atoms with E-state index in [1.54, 1.807) is 7.11 Å². The first-order valence-electron chi connectivity index (χ1n) is 5.68. The quantitative estimate of drug-likeness (QED) is 0.593. The van der Waals surface area contributed by atoms with Crippen molar-refractivity contribution >= 4 is 17.5 Å². The number of methoxy groups -OCH3 is 1. The SMILES string of the molecule is COCCNCCNC(=O)c1cc(F)c(F)cc1Cl. The molecule has 0 unspecified atom stereocenters. The van der Waals surface area contributed by atoms with Crippen molar-refractivity contribution in [2.45, 2.75) is 0 Å². The Bertz CT molecular complexity index is 444. The maximum atomic E-state index is 13.0. The van der Waals surface area contributed by atoms with Crippen molar-refractivity contribution in [2.75, 3.05) is 33.4 Å². The molecule has 1 aromatic carbocycles. The van der Waals surface area contributed by atoms with Crippen LogP contribution in [0.3, 0.4) is 0 Å². The summed E-state index contributed by atoms with van der Waals surface area (Å²) in [4.78, 5) is 11.7. The summed E-state index contributed by atoms with van der Waals surface area (Å²) < 4.78 is 30.7. The molecular formula is C12H15ClF2N2O2. The Morgan fingerprint density at radius 3 is 2.63 bits per heavy atom. The van der Waals surface area contributed by atoms with E-state index in [0.717, 1.165) is 12.1 Å². The lowest BCUT2D eigenvalue weighted by Gasteiger charge is -2.08. The van der Waals surface area contributed by atoms with Gasteiger partial charge in [-0.05, 0) is 12.1 Å². The molecule has 19 heavy (non-hydrogen) atoms. The zero-order valence-corrected chi connectivity index (χ0v) is 11.2. The molecule has 0 radical (unpaired) electrons. The molecule has 2 N–H and O–H groups in total. The average molecular weight is 293 g/mol. The molecule has 0 aliphatic heterocycles. The molecule has 0 spiro atoms. The number of hydrogen-bond acceptors (Lipinski definition) is 3. The van der Waals surface area contributed by atoms with Crippen LogP contribution in [-0.4, -0.2) is 39.3 Å². The second kappa shape index (κ2) is 8.04. The summed E-state index contributed by atoms with van der Waals surface area (Å²) >= 11 is 5.68. The lowest BCUT2D eigenvalue weighted by Crippen LogP contribution is -2.33. The summed E-state index contributed by atoms with van der Waals surface area (Å²) in [6, 6.07) is 1.56. The minimum Gasteiger partial charge on any atom is -0.383 e. The first-order chi connectivity index (χ1) is 9.06. The van der Waals surface area contributed by atoms with Crippen LogP contribution in [0.25, 0.3) is 0 Å². The molecule has 0 aliphatic carbocycles. The Labute approximate surface area is 115 Å². The predicted octanol–water partition coefficient (Wildman–Crippen LogP) is 1.58. The van der Waals surface area contributed by atoms with Crippen LogP contribution in [0, 0.1) is 11.6 Å². The zero-order chi connectivity index (χ0) is 14.3. The second-order valence-corrected chi connectivity index (χ2v) is 4.15. The van der Waals surface area contributed by atoms with Gasteiger partial charge in [0.05, 0.1) is 17.2 Å². The maximum Gasteiger partial charge on any atom is 0.252 e. The summed E-state index contributed by atoms with van der Waals surface area (Å²) in [5.74, 6) is -2.73. The second-order valence-electron chi connectivity index (χ2n) is 3.74. The Kier molecular flexibility index (Phi) is 6.69. The molecule has 1 rings (SSSR count). The largest absolute Gasteiger partial charge is 0.383 e. The monoisotopic (exact) mass is 292 g/mol. The molecule has 0 heterocycles. The molecule has 0 saturated carbocycles. The highest BCUT2D eigenvalue weighted by molar-refractivity contribution is 6.33. The molecule has 1 aromatic rings. The van der Waals surface area contributed by atoms with Gasteiger partial charge in [-0.15, -0.1) is 0 Å². The molecule has 0 bridgehead atoms. The van der Waals surface area contributed by atoms with Crippen molar-refractivity contribution in [3.63, 3.8) is 0 Å². The molecule has 7 heteroatoms. The van der Waals surface area contributed by atoms with Gasteiger partial charge in [0, 0.05) is 26.7 Å². The third kappa shape index (κ3) is 5.10. The highest BCUT2D eigenvalue weighted by atomic mass is 35.5. The molecule has 0 atom stereocenters. The van der Waals surface area contributed by atoms with Crippen LogP contribution in [0.5, 0.6) is 0 Å². The third-order valence-electron chi connectivity index (χ3n) is 2.32. The van der Waals surface area contributed by atoms with E-state index >= 15 is 0 Å². The van der Waals surface area contributed by atoms with E-state index in [1.165, 1.54) is 0 Å². The fraction of sp³-hybridized carbons (Fsp3) is 0.417. The number of nitrogens with one attached hydrogen (secondary N) is 2. The zero-order valence-electron chi connectivity index (χ0n) is 10.4. The van der Waals surface area contributed by atoms with Crippen molar-refractivity contribution < 1.29 is 18.3 Å². The van der Waals surface area contributed by atoms with E-state index in [4.69, 9.17) is 16.3 Å². The Morgan fingerprint density at radius 2 is 1.95 bits per heavy atom. The first-order valence-corrected chi connectivity index (χ1v) is 6.06. The van der Waals surface area contributed by atoms with Crippen LogP contribution in [0.4, 0.5) is 8.78 Å². The maximum absolute atomic E-state index is 13.0. The minimum absolute atomic E-state index is 0.0857. The van der Waals surface area contributed by atoms with Crippen molar-refractivity contribution in [3.8, 4) is 0 Å². The molecule has 0 fully saturated rings. The summed E-state index contributed by atoms with van der Waals surface area (Å²) in [6.07, 6.45) is 0. The lowest BCUT2D eigenvalue weighted by molar-refractivity contribution is 0.0953. The number of ether oxygens (including phenoxy) is 1. The number of carbonyl (C=O) groups is 1. The van der Waals surface area contributed by atoms with E-state index in [-0.39, 0.29) is 10.6 Å². The van der Waals surface area contributed by atoms with Gasteiger partial charge in [0.25, 0.3) is 5.91 Å². The molecule has 0 aliphatic rings. The van der Waals surface area contributed by atoms with Gasteiger partial charge in [-0.3, -0.25) is 4.79 Å². The van der Waals surface area contributed by atoms with Gasteiger partial charge in [-0.25, -0.2) is 8.78 Å². The van der Waals surface area contributed by atoms with Crippen LogP contribution < -0.4 is 10.6 Å². The van der Waals surface area contributed by atoms with Gasteiger partial charge in [0.1, 0.15) is 0 Å². The Balaban J connectivity index is 2.43. The van der Waals surface area contributed by atoms with Gasteiger partial charge in [0.15, 0.2) is 11.6 Å². The standard InChI is InChI=1S/C12H15ClF2N2O2/c1-19-5-4-16-2-3-17-12(18)8-6-10(14)11(15)7-9(8)13/h6-7,16H,2-5H2,1H3,(H,17,18). The summed E-state index contributed by atoms with van der Waals surface area (Å²) in [6.45, 7) is 2.12. The van der Waals surface area contributed by atoms with Crippen molar-refractivity contribution in [2.24, 2.45) is 0 Å². The topological polar surface area (TPSA) is 50.4 Å². The molecular weight excluding hydrogens is 278 g/mol. The molecule has 1 amide bonds. The predicted molar refractivity (Wildman–Crippen MR) is 68.4 cm³/mol. The number of halogens is 3. The number of benzene rings is 1. The van der Waals surface area contributed by atoms with Gasteiger partial charge < -0.3 is 15.4 Å². The van der Waals surface area contributed by atoms with Crippen LogP contribution in [0.1, 0.15) is 10.4 Å². The molecule has 4 nitrogen and oxygen atoms in total. The van der Waals surface area contributed by atoms with Crippen molar-refractivity contribution in [1.29, 1.82) is 0 Å². The van der Waals surface area contributed by atoms with Gasteiger partial charge >= 0.3 is 0 Å². The average Bonchev–Trinajstić information content (AvgIpc) is 2.37. The Hall–Kier alpha value is -1.24. The fourth-order valence-electron chi connectivity index (χ4n) is 1.36. The molecule has 0 aromatic heterocycles. The fourth-order valence-corrected chi connectivity index (χ4v) is 1.59. The van der Waals surface area contributed by atoms with Crippen molar-refractivity contribution in [1.82, 2.24) is 10.6 Å². The third-order valence-corrected chi connectivity index (χ3v) is 2.64. The van der Waals surface area contributed by atoms with Gasteiger partial charge in [0.2, 0.25) is 0 Å². The van der Waals surface area contributed by atoms with E-state index < -0.39 is 17.5 Å². The van der Waals surface area contributed by atoms with E-state index in [1.807, 2.05) is 0 Å². The lowest BCUT2D eigenvalue weighted by atomic mass is 10.2. The van der Waals surface area contributed by atoms with Gasteiger partial charge in [-0.1, -0.05) is 11.6 Å². The van der Waals surface area contributed by atoms with E-state index in [9.17, 15) is 13.6 Å². The minimum atomic E-state index is -1.10. The van der Waals surface area contributed by atoms with Crippen molar-refractivity contribution in [3.05, 3.63) is 34.4 Å². The first kappa shape index (κ1) is 15.8. The van der Waals surface area contributed by atoms with Crippen LogP contribution in [0.2, 0.25) is 5.02 Å². The number of carbonyl (C=O) groups excluding carboxylic acids is 1. The normalized spacial score (nSPS) is 10.5. The molecule has 0 saturated heterocycles. The summed E-state index contributed by atoms with van der Waals surface area (Å²) in [5.41, 5.74) is -0.0857. The smallest absolute Gasteiger partial charge is 0.252 e. The number of rotatable bonds is 7. The van der Waals surface area contributed by atoms with Crippen LogP contribution in [-0.2, 0) is 4.74 Å². The summed E-state index contributed by atoms with van der Waals surface area (Å²) in [5, 5.41) is 5.45. The van der Waals surface area contributed by atoms with E-state index in [0.29, 0.717) is 26.2 Å². The Morgan fingerprint density at radius 1 is 1.26 bits per heavy atom. The highest BCUT2D eigenvalue weighted by Crippen LogP contribution is 2.19. The van der Waals surface area contributed by atoms with Gasteiger partial charge in [-0.2, -0.15) is 0 Å². The van der Waals surface area contributed by atoms with Crippen LogP contribution in [0.15, 0.2) is 12.1 Å². The number of amides is 1. The van der Waals surface area contributed by atoms with E-state index in [2.05, 4.69) is 10.6 Å².